The fourth-order valence-corrected chi connectivity index (χ4v) is 3.18. The first kappa shape index (κ1) is 25.8. The molecule has 7 nitrogen and oxygen atoms in total. The minimum absolute atomic E-state index is 0.0273. The molecule has 0 radical (unpaired) electrons. The van der Waals surface area contributed by atoms with Gasteiger partial charge in [-0.05, 0) is 18.2 Å². The number of alkyl halides is 7. The number of anilines is 2. The van der Waals surface area contributed by atoms with Crippen molar-refractivity contribution in [2.75, 3.05) is 49.6 Å². The van der Waals surface area contributed by atoms with Gasteiger partial charge in [0, 0.05) is 24.3 Å². The van der Waals surface area contributed by atoms with Crippen molar-refractivity contribution in [2.45, 2.75) is 25.1 Å². The number of carbonyl (C=O) groups is 2. The van der Waals surface area contributed by atoms with Crippen LogP contribution in [0.2, 0.25) is 0 Å². The molecule has 1 aromatic carbocycles. The van der Waals surface area contributed by atoms with Gasteiger partial charge < -0.3 is 20.7 Å². The number of nitrogens with one attached hydrogen (secondary N) is 1. The molecule has 2 rings (SSSR count). The average Bonchev–Trinajstić information content (AvgIpc) is 2.67. The molecule has 0 spiro atoms. The normalized spacial score (nSPS) is 16.2. The summed E-state index contributed by atoms with van der Waals surface area (Å²) in [7, 11) is 0. The van der Waals surface area contributed by atoms with E-state index in [0.29, 0.717) is 0 Å². The lowest BCUT2D eigenvalue weighted by Crippen LogP contribution is -2.53. The molecule has 1 fully saturated rings. The van der Waals surface area contributed by atoms with E-state index in [4.69, 9.17) is 10.5 Å². The van der Waals surface area contributed by atoms with Gasteiger partial charge in [-0.2, -0.15) is 13.2 Å². The van der Waals surface area contributed by atoms with E-state index in [0.717, 1.165) is 23.1 Å². The van der Waals surface area contributed by atoms with Crippen molar-refractivity contribution in [3.05, 3.63) is 23.8 Å². The Hall–Kier alpha value is -2.45. The predicted molar refractivity (Wildman–Crippen MR) is 99.7 cm³/mol. The molecule has 180 valence electrons. The van der Waals surface area contributed by atoms with Crippen LogP contribution in [0.5, 0.6) is 0 Å². The molecule has 32 heavy (non-hydrogen) atoms. The van der Waals surface area contributed by atoms with Gasteiger partial charge in [0.05, 0.1) is 25.4 Å². The van der Waals surface area contributed by atoms with Gasteiger partial charge >= 0.3 is 6.18 Å². The number of benzene rings is 1. The second kappa shape index (κ2) is 10.9. The summed E-state index contributed by atoms with van der Waals surface area (Å²) >= 11 is 0. The van der Waals surface area contributed by atoms with Crippen molar-refractivity contribution in [1.82, 2.24) is 4.90 Å². The zero-order chi connectivity index (χ0) is 24.1. The molecule has 0 bridgehead atoms. The molecular formula is C18H21F7N4O3. The van der Waals surface area contributed by atoms with Crippen LogP contribution >= 0.6 is 0 Å². The highest BCUT2D eigenvalue weighted by molar-refractivity contribution is 5.97. The summed E-state index contributed by atoms with van der Waals surface area (Å²) in [6.07, 6.45) is -11.1. The number of rotatable bonds is 9. The van der Waals surface area contributed by atoms with Gasteiger partial charge in [-0.15, -0.1) is 0 Å². The summed E-state index contributed by atoms with van der Waals surface area (Å²) in [4.78, 5) is 25.7. The van der Waals surface area contributed by atoms with E-state index in [-0.39, 0.29) is 36.0 Å². The Morgan fingerprint density at radius 2 is 1.94 bits per heavy atom. The summed E-state index contributed by atoms with van der Waals surface area (Å²) < 4.78 is 95.9. The van der Waals surface area contributed by atoms with Crippen LogP contribution < -0.4 is 16.0 Å². The van der Waals surface area contributed by atoms with Crippen LogP contribution in [-0.2, 0) is 14.3 Å². The maximum atomic E-state index is 13.6. The van der Waals surface area contributed by atoms with Gasteiger partial charge in [0.25, 0.3) is 18.8 Å². The van der Waals surface area contributed by atoms with Crippen LogP contribution in [-0.4, -0.2) is 74.8 Å². The largest absolute Gasteiger partial charge is 0.401 e. The van der Waals surface area contributed by atoms with Gasteiger partial charge in [0.2, 0.25) is 5.91 Å². The molecule has 1 aromatic rings. The van der Waals surface area contributed by atoms with E-state index in [9.17, 15) is 40.3 Å². The summed E-state index contributed by atoms with van der Waals surface area (Å²) in [6, 6.07) is 1.37. The fraction of sp³-hybridized carbons (Fsp3) is 0.556. The number of halogens is 7. The van der Waals surface area contributed by atoms with Crippen LogP contribution in [0.4, 0.5) is 42.1 Å². The van der Waals surface area contributed by atoms with Crippen molar-refractivity contribution >= 4 is 23.2 Å². The number of amides is 2. The van der Waals surface area contributed by atoms with Crippen LogP contribution in [0.1, 0.15) is 12.0 Å². The summed E-state index contributed by atoms with van der Waals surface area (Å²) in [5.74, 6) is -1.72. The highest BCUT2D eigenvalue weighted by atomic mass is 19.4. The number of carbonyl (C=O) groups excluding carboxylic acids is 2. The molecule has 1 aliphatic heterocycles. The third-order valence-corrected chi connectivity index (χ3v) is 4.53. The molecule has 1 saturated heterocycles. The number of nitrogens with two attached hydrogens (primary N) is 1. The maximum Gasteiger partial charge on any atom is 0.401 e. The standard InChI is InChI=1S/C18H21F7N4O3/c19-14(20)7-28(9-18(23,24)25)13(6-26)17(31)27-10-1-2-12(11(5-10)16(21)22)29-3-4-32-8-15(29)30/h1-2,5,13-14,16H,3-4,6-9,26H2,(H,27,31)/t13-/m1/s1. The Labute approximate surface area is 178 Å². The van der Waals surface area contributed by atoms with Crippen molar-refractivity contribution in [3.63, 3.8) is 0 Å². The van der Waals surface area contributed by atoms with Crippen LogP contribution in [0.3, 0.4) is 0 Å². The minimum Gasteiger partial charge on any atom is -0.370 e. The first-order valence-electron chi connectivity index (χ1n) is 9.33. The summed E-state index contributed by atoms with van der Waals surface area (Å²) in [5.41, 5.74) is 4.40. The van der Waals surface area contributed by atoms with E-state index in [1.807, 2.05) is 0 Å². The van der Waals surface area contributed by atoms with Crippen molar-refractivity contribution in [2.24, 2.45) is 5.73 Å². The molecule has 1 aliphatic rings. The lowest BCUT2D eigenvalue weighted by molar-refractivity contribution is -0.157. The molecular weight excluding hydrogens is 453 g/mol. The van der Waals surface area contributed by atoms with Crippen molar-refractivity contribution in [1.29, 1.82) is 0 Å². The van der Waals surface area contributed by atoms with Crippen LogP contribution in [0.25, 0.3) is 0 Å². The number of nitrogens with zero attached hydrogens (tertiary/aromatic N) is 2. The van der Waals surface area contributed by atoms with E-state index in [1.165, 1.54) is 0 Å². The van der Waals surface area contributed by atoms with E-state index in [1.54, 1.807) is 0 Å². The first-order chi connectivity index (χ1) is 14.9. The molecule has 0 aliphatic carbocycles. The highest BCUT2D eigenvalue weighted by Gasteiger charge is 2.37. The van der Waals surface area contributed by atoms with Crippen molar-refractivity contribution in [3.8, 4) is 0 Å². The molecule has 1 atom stereocenters. The SMILES string of the molecule is NC[C@H](C(=O)Nc1ccc(N2CCOCC2=O)c(C(F)F)c1)N(CC(F)F)CC(F)(F)F. The minimum atomic E-state index is -4.88. The molecule has 3 N–H and O–H groups in total. The van der Waals surface area contributed by atoms with Gasteiger partial charge in [0.15, 0.2) is 0 Å². The topological polar surface area (TPSA) is 87.9 Å². The zero-order valence-electron chi connectivity index (χ0n) is 16.5. The van der Waals surface area contributed by atoms with E-state index in [2.05, 4.69) is 5.32 Å². The monoisotopic (exact) mass is 474 g/mol. The number of ether oxygens (including phenoxy) is 1. The Balaban J connectivity index is 2.26. The number of hydrogen-bond donors (Lipinski definition) is 2. The second-order valence-corrected chi connectivity index (χ2v) is 6.85. The lowest BCUT2D eigenvalue weighted by atomic mass is 10.1. The smallest absolute Gasteiger partial charge is 0.370 e. The van der Waals surface area contributed by atoms with E-state index >= 15 is 0 Å². The third-order valence-electron chi connectivity index (χ3n) is 4.53. The Kier molecular flexibility index (Phi) is 8.81. The molecule has 0 unspecified atom stereocenters. The Bertz CT molecular complexity index is 807. The van der Waals surface area contributed by atoms with E-state index < -0.39 is 62.1 Å². The number of hydrogen-bond acceptors (Lipinski definition) is 5. The Morgan fingerprint density at radius 1 is 1.25 bits per heavy atom. The van der Waals surface area contributed by atoms with Gasteiger partial charge in [0.1, 0.15) is 12.6 Å². The molecule has 1 heterocycles. The molecule has 0 aromatic heterocycles. The average molecular weight is 474 g/mol. The number of morpholine rings is 1. The highest BCUT2D eigenvalue weighted by Crippen LogP contribution is 2.33. The van der Waals surface area contributed by atoms with Gasteiger partial charge in [-0.25, -0.2) is 17.6 Å². The molecule has 14 heteroatoms. The van der Waals surface area contributed by atoms with Gasteiger partial charge in [-0.3, -0.25) is 14.5 Å². The second-order valence-electron chi connectivity index (χ2n) is 6.85. The maximum absolute atomic E-state index is 13.6. The zero-order valence-corrected chi connectivity index (χ0v) is 16.5. The quantitative estimate of drug-likeness (QED) is 0.537. The Morgan fingerprint density at radius 3 is 2.47 bits per heavy atom. The fourth-order valence-electron chi connectivity index (χ4n) is 3.18. The van der Waals surface area contributed by atoms with Crippen LogP contribution in [0, 0.1) is 0 Å². The molecule has 2 amide bonds. The van der Waals surface area contributed by atoms with Crippen molar-refractivity contribution < 1.29 is 45.1 Å². The van der Waals surface area contributed by atoms with Crippen LogP contribution in [0.15, 0.2) is 18.2 Å². The third kappa shape index (κ3) is 7.03. The summed E-state index contributed by atoms with van der Waals surface area (Å²) in [6.45, 7) is -4.04. The predicted octanol–water partition coefficient (Wildman–Crippen LogP) is 2.38. The summed E-state index contributed by atoms with van der Waals surface area (Å²) in [5, 5.41) is 2.13. The van der Waals surface area contributed by atoms with Gasteiger partial charge in [-0.1, -0.05) is 0 Å². The lowest BCUT2D eigenvalue weighted by Gasteiger charge is -2.31. The molecule has 0 saturated carbocycles. The first-order valence-corrected chi connectivity index (χ1v) is 9.33.